The molecular weight excluding hydrogens is 246 g/mol. The number of hydrogen-bond acceptors (Lipinski definition) is 3. The van der Waals surface area contributed by atoms with Crippen molar-refractivity contribution in [3.63, 3.8) is 0 Å². The van der Waals surface area contributed by atoms with Gasteiger partial charge in [-0.25, -0.2) is 0 Å². The van der Waals surface area contributed by atoms with Gasteiger partial charge in [0.15, 0.2) is 0 Å². The van der Waals surface area contributed by atoms with Gasteiger partial charge >= 0.3 is 0 Å². The van der Waals surface area contributed by atoms with Crippen LogP contribution in [-0.2, 0) is 4.74 Å². The summed E-state index contributed by atoms with van der Waals surface area (Å²) in [4.78, 5) is 0.318. The number of halogens is 1. The first-order valence-electron chi connectivity index (χ1n) is 4.79. The van der Waals surface area contributed by atoms with E-state index in [0.29, 0.717) is 22.4 Å². The van der Waals surface area contributed by atoms with Crippen LogP contribution in [0.1, 0.15) is 12.5 Å². The monoisotopic (exact) mass is 259 g/mol. The normalized spacial score (nSPS) is 12.2. The Balaban J connectivity index is 2.79. The molecule has 0 radical (unpaired) electrons. The molecule has 0 saturated carbocycles. The van der Waals surface area contributed by atoms with E-state index in [1.807, 2.05) is 6.92 Å². The van der Waals surface area contributed by atoms with E-state index in [0.717, 1.165) is 5.56 Å². The van der Waals surface area contributed by atoms with Crippen molar-refractivity contribution in [1.29, 1.82) is 0 Å². The van der Waals surface area contributed by atoms with Gasteiger partial charge in [0.1, 0.15) is 16.8 Å². The van der Waals surface area contributed by atoms with Gasteiger partial charge in [0.05, 0.1) is 11.6 Å². The molecule has 0 heterocycles. The molecule has 3 nitrogen and oxygen atoms in total. The predicted molar refractivity (Wildman–Crippen MR) is 69.3 cm³/mol. The Morgan fingerprint density at radius 3 is 2.75 bits per heavy atom. The van der Waals surface area contributed by atoms with Crippen molar-refractivity contribution < 1.29 is 9.47 Å². The lowest BCUT2D eigenvalue weighted by molar-refractivity contribution is 0.0921. The van der Waals surface area contributed by atoms with Crippen LogP contribution in [0, 0.1) is 0 Å². The molecule has 0 aliphatic heterocycles. The van der Waals surface area contributed by atoms with E-state index < -0.39 is 0 Å². The van der Waals surface area contributed by atoms with Crippen LogP contribution in [0.3, 0.4) is 0 Å². The van der Waals surface area contributed by atoms with Crippen molar-refractivity contribution in [3.8, 4) is 5.75 Å². The first-order valence-corrected chi connectivity index (χ1v) is 5.58. The van der Waals surface area contributed by atoms with Crippen molar-refractivity contribution in [2.75, 3.05) is 13.7 Å². The molecular formula is C11H14ClNO2S. The number of ether oxygens (including phenoxy) is 2. The average Bonchev–Trinajstić information content (AvgIpc) is 2.21. The number of methoxy groups -OCH3 is 1. The standard InChI is InChI=1S/C11H14ClNO2S/c1-7(6-14-2)15-10-4-3-8(11(13)16)5-9(10)12/h3-5,7H,6H2,1-2H3,(H2,13,16). The zero-order valence-electron chi connectivity index (χ0n) is 9.20. The van der Waals surface area contributed by atoms with E-state index in [-0.39, 0.29) is 6.10 Å². The van der Waals surface area contributed by atoms with E-state index >= 15 is 0 Å². The van der Waals surface area contributed by atoms with Crippen LogP contribution in [-0.4, -0.2) is 24.8 Å². The quantitative estimate of drug-likeness (QED) is 0.825. The second-order valence-corrected chi connectivity index (χ2v) is 4.24. The highest BCUT2D eigenvalue weighted by Gasteiger charge is 2.08. The Morgan fingerprint density at radius 1 is 1.56 bits per heavy atom. The van der Waals surface area contributed by atoms with Gasteiger partial charge in [0.25, 0.3) is 0 Å². The Kier molecular flexibility index (Phi) is 4.99. The van der Waals surface area contributed by atoms with E-state index in [9.17, 15) is 0 Å². The first-order chi connectivity index (χ1) is 7.54. The van der Waals surface area contributed by atoms with Crippen LogP contribution in [0.15, 0.2) is 18.2 Å². The third-order valence-electron chi connectivity index (χ3n) is 1.95. The largest absolute Gasteiger partial charge is 0.487 e. The fraction of sp³-hybridized carbons (Fsp3) is 0.364. The number of hydrogen-bond donors (Lipinski definition) is 1. The lowest BCUT2D eigenvalue weighted by Crippen LogP contribution is -2.18. The fourth-order valence-electron chi connectivity index (χ4n) is 1.24. The molecule has 1 aromatic rings. The molecule has 0 aliphatic rings. The highest BCUT2D eigenvalue weighted by Crippen LogP contribution is 2.26. The Morgan fingerprint density at radius 2 is 2.25 bits per heavy atom. The average molecular weight is 260 g/mol. The van der Waals surface area contributed by atoms with Crippen LogP contribution >= 0.6 is 23.8 Å². The van der Waals surface area contributed by atoms with E-state index in [1.165, 1.54) is 0 Å². The maximum absolute atomic E-state index is 6.04. The summed E-state index contributed by atoms with van der Waals surface area (Å²) in [5, 5.41) is 0.494. The highest BCUT2D eigenvalue weighted by molar-refractivity contribution is 7.80. The summed E-state index contributed by atoms with van der Waals surface area (Å²) >= 11 is 10.9. The van der Waals surface area contributed by atoms with Crippen LogP contribution in [0.25, 0.3) is 0 Å². The van der Waals surface area contributed by atoms with Gasteiger partial charge in [-0.15, -0.1) is 0 Å². The van der Waals surface area contributed by atoms with Gasteiger partial charge in [-0.05, 0) is 25.1 Å². The van der Waals surface area contributed by atoms with Crippen LogP contribution in [0.4, 0.5) is 0 Å². The second kappa shape index (κ2) is 6.03. The van der Waals surface area contributed by atoms with Crippen molar-refractivity contribution in [2.24, 2.45) is 5.73 Å². The minimum Gasteiger partial charge on any atom is -0.487 e. The topological polar surface area (TPSA) is 44.5 Å². The minimum atomic E-state index is -0.0572. The molecule has 1 aromatic carbocycles. The van der Waals surface area contributed by atoms with Crippen molar-refractivity contribution in [2.45, 2.75) is 13.0 Å². The van der Waals surface area contributed by atoms with Gasteiger partial charge in [0, 0.05) is 12.7 Å². The number of thiocarbonyl (C=S) groups is 1. The molecule has 0 fully saturated rings. The van der Waals surface area contributed by atoms with Gasteiger partial charge in [-0.3, -0.25) is 0 Å². The minimum absolute atomic E-state index is 0.0572. The summed E-state index contributed by atoms with van der Waals surface area (Å²) in [6.07, 6.45) is -0.0572. The Labute approximate surface area is 105 Å². The van der Waals surface area contributed by atoms with Crippen LogP contribution in [0.2, 0.25) is 5.02 Å². The van der Waals surface area contributed by atoms with Gasteiger partial charge in [0.2, 0.25) is 0 Å². The fourth-order valence-corrected chi connectivity index (χ4v) is 1.59. The van der Waals surface area contributed by atoms with E-state index in [1.54, 1.807) is 25.3 Å². The lowest BCUT2D eigenvalue weighted by atomic mass is 10.2. The SMILES string of the molecule is COCC(C)Oc1ccc(C(N)=S)cc1Cl. The van der Waals surface area contributed by atoms with Gasteiger partial charge < -0.3 is 15.2 Å². The zero-order chi connectivity index (χ0) is 12.1. The highest BCUT2D eigenvalue weighted by atomic mass is 35.5. The maximum atomic E-state index is 6.04. The van der Waals surface area contributed by atoms with Gasteiger partial charge in [-0.1, -0.05) is 23.8 Å². The number of rotatable bonds is 5. The molecule has 1 rings (SSSR count). The predicted octanol–water partition coefficient (Wildman–Crippen LogP) is 2.39. The van der Waals surface area contributed by atoms with E-state index in [2.05, 4.69) is 0 Å². The van der Waals surface area contributed by atoms with Crippen molar-refractivity contribution in [1.82, 2.24) is 0 Å². The molecule has 0 spiro atoms. The molecule has 2 N–H and O–H groups in total. The molecule has 0 aliphatic carbocycles. The summed E-state index contributed by atoms with van der Waals surface area (Å²) < 4.78 is 10.5. The van der Waals surface area contributed by atoms with Crippen LogP contribution < -0.4 is 10.5 Å². The first kappa shape index (κ1) is 13.2. The summed E-state index contributed by atoms with van der Waals surface area (Å²) in [5.74, 6) is 0.603. The molecule has 0 bridgehead atoms. The number of nitrogens with two attached hydrogens (primary N) is 1. The summed E-state index contributed by atoms with van der Waals surface area (Å²) in [7, 11) is 1.62. The smallest absolute Gasteiger partial charge is 0.138 e. The molecule has 0 saturated heterocycles. The molecule has 1 atom stereocenters. The van der Waals surface area contributed by atoms with Crippen molar-refractivity contribution in [3.05, 3.63) is 28.8 Å². The second-order valence-electron chi connectivity index (χ2n) is 3.39. The lowest BCUT2D eigenvalue weighted by Gasteiger charge is -2.15. The Hall–Kier alpha value is -0.840. The molecule has 0 aromatic heterocycles. The summed E-state index contributed by atoms with van der Waals surface area (Å²) in [5.41, 5.74) is 6.22. The molecule has 0 amide bonds. The van der Waals surface area contributed by atoms with Crippen LogP contribution in [0.5, 0.6) is 5.75 Å². The molecule has 1 unspecified atom stereocenters. The summed E-state index contributed by atoms with van der Waals surface area (Å²) in [6, 6.07) is 5.23. The summed E-state index contributed by atoms with van der Waals surface area (Å²) in [6.45, 7) is 2.41. The van der Waals surface area contributed by atoms with Crippen molar-refractivity contribution >= 4 is 28.8 Å². The van der Waals surface area contributed by atoms with Gasteiger partial charge in [-0.2, -0.15) is 0 Å². The zero-order valence-corrected chi connectivity index (χ0v) is 10.8. The third kappa shape index (κ3) is 3.63. The number of benzene rings is 1. The Bertz CT molecular complexity index is 384. The molecule has 5 heteroatoms. The molecule has 88 valence electrons. The third-order valence-corrected chi connectivity index (χ3v) is 2.48. The molecule has 16 heavy (non-hydrogen) atoms. The maximum Gasteiger partial charge on any atom is 0.138 e. The van der Waals surface area contributed by atoms with E-state index in [4.69, 9.17) is 39.0 Å².